The topological polar surface area (TPSA) is 27.1 Å². The Balaban J connectivity index is 2.26. The van der Waals surface area contributed by atoms with Gasteiger partial charge in [0.1, 0.15) is 5.75 Å². The molecule has 1 aromatic carbocycles. The van der Waals surface area contributed by atoms with Gasteiger partial charge in [0, 0.05) is 12.7 Å². The van der Waals surface area contributed by atoms with Gasteiger partial charge in [-0.1, -0.05) is 12.1 Å². The number of hydrogen-bond acceptors (Lipinski definition) is 2. The summed E-state index contributed by atoms with van der Waals surface area (Å²) in [5, 5.41) is 0. The number of rotatable bonds is 2. The largest absolute Gasteiger partial charge is 0.426 e. The molecule has 1 heterocycles. The zero-order valence-corrected chi connectivity index (χ0v) is 9.19. The molecule has 78 valence electrons. The molecule has 0 aliphatic carbocycles. The lowest BCUT2D eigenvalue weighted by Crippen LogP contribution is -1.96. The third-order valence-corrected chi connectivity index (χ3v) is 2.38. The van der Waals surface area contributed by atoms with Gasteiger partial charge in [-0.2, -0.15) is 0 Å². The summed E-state index contributed by atoms with van der Waals surface area (Å²) in [6.07, 6.45) is 1.80. The van der Waals surface area contributed by atoms with Crippen molar-refractivity contribution in [3.63, 3.8) is 0 Å². The predicted octanol–water partition coefficient (Wildman–Crippen LogP) is 2.83. The van der Waals surface area contributed by atoms with E-state index in [0.717, 1.165) is 11.4 Å². The van der Waals surface area contributed by atoms with Crippen molar-refractivity contribution in [3.8, 4) is 11.8 Å². The van der Waals surface area contributed by atoms with Crippen LogP contribution in [0.25, 0.3) is 0 Å². The first-order valence-electron chi connectivity index (χ1n) is 4.89. The molecule has 15 heavy (non-hydrogen) atoms. The van der Waals surface area contributed by atoms with Gasteiger partial charge >= 0.3 is 6.01 Å². The first-order valence-corrected chi connectivity index (χ1v) is 4.89. The van der Waals surface area contributed by atoms with Crippen LogP contribution in [0.3, 0.4) is 0 Å². The second-order valence-electron chi connectivity index (χ2n) is 3.66. The van der Waals surface area contributed by atoms with Crippen molar-refractivity contribution < 1.29 is 4.74 Å². The van der Waals surface area contributed by atoms with Gasteiger partial charge in [-0.05, 0) is 31.5 Å². The second-order valence-corrected chi connectivity index (χ2v) is 3.66. The zero-order chi connectivity index (χ0) is 10.8. The van der Waals surface area contributed by atoms with E-state index < -0.39 is 0 Å². The summed E-state index contributed by atoms with van der Waals surface area (Å²) in [5.41, 5.74) is 2.26. The lowest BCUT2D eigenvalue weighted by Gasteiger charge is -2.05. The molecule has 0 radical (unpaired) electrons. The fourth-order valence-corrected chi connectivity index (χ4v) is 1.35. The van der Waals surface area contributed by atoms with Gasteiger partial charge in [0.2, 0.25) is 0 Å². The number of hydrogen-bond donors (Lipinski definition) is 0. The van der Waals surface area contributed by atoms with Crippen LogP contribution in [0.5, 0.6) is 11.8 Å². The molecule has 0 amide bonds. The molecule has 0 unspecified atom stereocenters. The Morgan fingerprint density at radius 3 is 2.67 bits per heavy atom. The predicted molar refractivity (Wildman–Crippen MR) is 59.2 cm³/mol. The monoisotopic (exact) mass is 202 g/mol. The number of benzene rings is 1. The van der Waals surface area contributed by atoms with Crippen LogP contribution in [0, 0.1) is 13.8 Å². The van der Waals surface area contributed by atoms with Crippen LogP contribution in [-0.2, 0) is 7.05 Å². The lowest BCUT2D eigenvalue weighted by atomic mass is 10.2. The number of nitrogens with zero attached hydrogens (tertiary/aromatic N) is 2. The third kappa shape index (κ3) is 2.01. The summed E-state index contributed by atoms with van der Waals surface area (Å²) in [6, 6.07) is 8.55. The Morgan fingerprint density at radius 2 is 2.07 bits per heavy atom. The quantitative estimate of drug-likeness (QED) is 0.748. The van der Waals surface area contributed by atoms with E-state index in [0.29, 0.717) is 6.01 Å². The number of ether oxygens (including phenoxy) is 1. The van der Waals surface area contributed by atoms with Gasteiger partial charge < -0.3 is 9.30 Å². The van der Waals surface area contributed by atoms with Crippen molar-refractivity contribution >= 4 is 0 Å². The molecule has 0 bridgehead atoms. The molecular weight excluding hydrogens is 188 g/mol. The normalized spacial score (nSPS) is 10.3. The van der Waals surface area contributed by atoms with Crippen LogP contribution in [0.2, 0.25) is 0 Å². The van der Waals surface area contributed by atoms with E-state index in [1.807, 2.05) is 49.7 Å². The molecule has 0 spiro atoms. The number of aryl methyl sites for hydroxylation is 2. The van der Waals surface area contributed by atoms with E-state index in [4.69, 9.17) is 4.74 Å². The maximum Gasteiger partial charge on any atom is 0.301 e. The first kappa shape index (κ1) is 9.77. The Hall–Kier alpha value is -1.77. The van der Waals surface area contributed by atoms with E-state index >= 15 is 0 Å². The van der Waals surface area contributed by atoms with E-state index in [9.17, 15) is 0 Å². The van der Waals surface area contributed by atoms with Crippen molar-refractivity contribution in [1.82, 2.24) is 9.55 Å². The Labute approximate surface area is 89.3 Å². The third-order valence-electron chi connectivity index (χ3n) is 2.38. The van der Waals surface area contributed by atoms with Crippen LogP contribution >= 0.6 is 0 Å². The van der Waals surface area contributed by atoms with Crippen LogP contribution < -0.4 is 4.74 Å². The van der Waals surface area contributed by atoms with Crippen molar-refractivity contribution in [1.29, 1.82) is 0 Å². The maximum atomic E-state index is 5.66. The highest BCUT2D eigenvalue weighted by Crippen LogP contribution is 2.20. The SMILES string of the molecule is Cc1cccc(Oc2ncc(C)n2C)c1. The summed E-state index contributed by atoms with van der Waals surface area (Å²) in [4.78, 5) is 4.18. The molecule has 0 aliphatic heterocycles. The average Bonchev–Trinajstić information content (AvgIpc) is 2.50. The first-order chi connectivity index (χ1) is 7.16. The lowest BCUT2D eigenvalue weighted by molar-refractivity contribution is 0.423. The molecule has 0 fully saturated rings. The van der Waals surface area contributed by atoms with Gasteiger partial charge in [-0.25, -0.2) is 4.98 Å². The van der Waals surface area contributed by atoms with Crippen molar-refractivity contribution in [2.24, 2.45) is 7.05 Å². The summed E-state index contributed by atoms with van der Waals surface area (Å²) in [7, 11) is 1.94. The highest BCUT2D eigenvalue weighted by Gasteiger charge is 2.04. The highest BCUT2D eigenvalue weighted by atomic mass is 16.5. The molecule has 0 saturated carbocycles. The Bertz CT molecular complexity index is 474. The highest BCUT2D eigenvalue weighted by molar-refractivity contribution is 5.29. The van der Waals surface area contributed by atoms with Crippen LogP contribution in [-0.4, -0.2) is 9.55 Å². The number of aromatic nitrogens is 2. The molecule has 3 heteroatoms. The van der Waals surface area contributed by atoms with Crippen molar-refractivity contribution in [2.45, 2.75) is 13.8 Å². The minimum Gasteiger partial charge on any atom is -0.426 e. The van der Waals surface area contributed by atoms with Gasteiger partial charge in [0.25, 0.3) is 0 Å². The molecule has 0 N–H and O–H groups in total. The molecule has 0 atom stereocenters. The number of imidazole rings is 1. The zero-order valence-electron chi connectivity index (χ0n) is 9.19. The second kappa shape index (κ2) is 3.77. The summed E-state index contributed by atoms with van der Waals surface area (Å²) < 4.78 is 7.58. The molecule has 0 saturated heterocycles. The minimum atomic E-state index is 0.623. The van der Waals surface area contributed by atoms with Gasteiger partial charge in [-0.15, -0.1) is 0 Å². The molecule has 2 rings (SSSR count). The smallest absolute Gasteiger partial charge is 0.301 e. The average molecular weight is 202 g/mol. The fraction of sp³-hybridized carbons (Fsp3) is 0.250. The Kier molecular flexibility index (Phi) is 2.46. The summed E-state index contributed by atoms with van der Waals surface area (Å²) in [5.74, 6) is 0.823. The fourth-order valence-electron chi connectivity index (χ4n) is 1.35. The summed E-state index contributed by atoms with van der Waals surface area (Å²) in [6.45, 7) is 4.03. The van der Waals surface area contributed by atoms with Crippen molar-refractivity contribution in [3.05, 3.63) is 41.7 Å². The molecule has 1 aromatic heterocycles. The molecule has 2 aromatic rings. The maximum absolute atomic E-state index is 5.66. The van der Waals surface area contributed by atoms with Crippen molar-refractivity contribution in [2.75, 3.05) is 0 Å². The van der Waals surface area contributed by atoms with E-state index in [-0.39, 0.29) is 0 Å². The van der Waals surface area contributed by atoms with E-state index in [1.54, 1.807) is 6.20 Å². The molecule has 3 nitrogen and oxygen atoms in total. The van der Waals surface area contributed by atoms with Crippen LogP contribution in [0.15, 0.2) is 30.5 Å². The minimum absolute atomic E-state index is 0.623. The molecule has 0 aliphatic rings. The van der Waals surface area contributed by atoms with Gasteiger partial charge in [-0.3, -0.25) is 0 Å². The van der Waals surface area contributed by atoms with Crippen LogP contribution in [0.1, 0.15) is 11.3 Å². The van der Waals surface area contributed by atoms with Crippen LogP contribution in [0.4, 0.5) is 0 Å². The van der Waals surface area contributed by atoms with Gasteiger partial charge in [0.05, 0.1) is 6.20 Å². The van der Waals surface area contributed by atoms with E-state index in [1.165, 1.54) is 5.56 Å². The van der Waals surface area contributed by atoms with Gasteiger partial charge in [0.15, 0.2) is 0 Å². The van der Waals surface area contributed by atoms with E-state index in [2.05, 4.69) is 4.98 Å². The summed E-state index contributed by atoms with van der Waals surface area (Å²) >= 11 is 0. The Morgan fingerprint density at radius 1 is 1.27 bits per heavy atom. The molecular formula is C12H14N2O. The standard InChI is InChI=1S/C12H14N2O/c1-9-5-4-6-11(7-9)15-12-13-8-10(2)14(12)3/h4-8H,1-3H3.